The lowest BCUT2D eigenvalue weighted by atomic mass is 10.2. The molecule has 4 rings (SSSR count). The molecular weight excluding hydrogens is 615 g/mol. The number of hydrogen-bond donors (Lipinski definition) is 0. The molecule has 34 heavy (non-hydrogen) atoms. The van der Waals surface area contributed by atoms with E-state index in [4.69, 9.17) is 32.7 Å². The van der Waals surface area contributed by atoms with Crippen LogP contribution in [0.15, 0.2) is 74.2 Å². The van der Waals surface area contributed by atoms with Crippen molar-refractivity contribution in [1.82, 2.24) is 0 Å². The van der Waals surface area contributed by atoms with Crippen LogP contribution in [0.25, 0.3) is 6.08 Å². The van der Waals surface area contributed by atoms with E-state index < -0.39 is 10.9 Å². The Hall–Kier alpha value is -2.72. The lowest BCUT2D eigenvalue weighted by Crippen LogP contribution is -2.05. The van der Waals surface area contributed by atoms with Crippen LogP contribution < -0.4 is 4.74 Å². The Morgan fingerprint density at radius 1 is 1.03 bits per heavy atom. The SMILES string of the molecule is O=C1OC(c2ccc([N+](=O)[O-])cc2)=N/C1=C\c1cc(Br)c(OCc2ccc(Cl)c(Cl)c2)c(Br)c1. The Morgan fingerprint density at radius 2 is 1.71 bits per heavy atom. The first-order chi connectivity index (χ1) is 16.2. The number of ether oxygens (including phenoxy) is 2. The second kappa shape index (κ2) is 10.3. The summed E-state index contributed by atoms with van der Waals surface area (Å²) in [6, 6.07) is 14.4. The number of hydrogen-bond acceptors (Lipinski definition) is 6. The fourth-order valence-corrected chi connectivity index (χ4v) is 4.77. The molecule has 0 atom stereocenters. The van der Waals surface area contributed by atoms with E-state index >= 15 is 0 Å². The number of non-ortho nitro benzene ring substituents is 1. The molecule has 0 radical (unpaired) electrons. The minimum absolute atomic E-state index is 0.0689. The number of rotatable bonds is 6. The van der Waals surface area contributed by atoms with Crippen molar-refractivity contribution in [3.05, 3.63) is 106 Å². The van der Waals surface area contributed by atoms with E-state index in [9.17, 15) is 14.9 Å². The molecule has 0 aliphatic carbocycles. The number of cyclic esters (lactones) is 1. The Balaban J connectivity index is 1.53. The number of nitrogens with zero attached hydrogens (tertiary/aromatic N) is 2. The molecule has 0 aromatic heterocycles. The summed E-state index contributed by atoms with van der Waals surface area (Å²) in [6.07, 6.45) is 1.57. The minimum atomic E-state index is -0.624. The van der Waals surface area contributed by atoms with E-state index in [0.29, 0.717) is 35.9 Å². The summed E-state index contributed by atoms with van der Waals surface area (Å²) in [4.78, 5) is 26.8. The van der Waals surface area contributed by atoms with E-state index in [1.807, 2.05) is 6.07 Å². The molecule has 172 valence electrons. The number of esters is 1. The Labute approximate surface area is 220 Å². The van der Waals surface area contributed by atoms with Gasteiger partial charge >= 0.3 is 5.97 Å². The third-order valence-electron chi connectivity index (χ3n) is 4.64. The number of nitro groups is 1. The van der Waals surface area contributed by atoms with Crippen molar-refractivity contribution < 1.29 is 19.2 Å². The Kier molecular flexibility index (Phi) is 7.37. The van der Waals surface area contributed by atoms with Crippen LogP contribution in [0.5, 0.6) is 5.75 Å². The summed E-state index contributed by atoms with van der Waals surface area (Å²) in [5.74, 6) is 0.0173. The predicted octanol–water partition coefficient (Wildman–Crippen LogP) is 7.35. The third-order valence-corrected chi connectivity index (χ3v) is 6.55. The van der Waals surface area contributed by atoms with Gasteiger partial charge in [-0.15, -0.1) is 0 Å². The number of nitro benzene ring substituents is 1. The summed E-state index contributed by atoms with van der Waals surface area (Å²) >= 11 is 19.0. The molecule has 0 saturated heterocycles. The van der Waals surface area contributed by atoms with Crippen LogP contribution in [0.1, 0.15) is 16.7 Å². The summed E-state index contributed by atoms with van der Waals surface area (Å²) in [5.41, 5.74) is 2.00. The van der Waals surface area contributed by atoms with Crippen LogP contribution in [0.3, 0.4) is 0 Å². The van der Waals surface area contributed by atoms with Gasteiger partial charge in [-0.25, -0.2) is 9.79 Å². The monoisotopic (exact) mass is 624 g/mol. The molecule has 11 heteroatoms. The molecule has 0 fully saturated rings. The van der Waals surface area contributed by atoms with Crippen LogP contribution in [-0.2, 0) is 16.1 Å². The van der Waals surface area contributed by atoms with Crippen molar-refractivity contribution in [2.24, 2.45) is 4.99 Å². The first kappa shape index (κ1) is 24.4. The first-order valence-electron chi connectivity index (χ1n) is 9.54. The molecule has 0 saturated carbocycles. The Bertz CT molecular complexity index is 1350. The van der Waals surface area contributed by atoms with E-state index in [1.54, 1.807) is 30.3 Å². The highest BCUT2D eigenvalue weighted by molar-refractivity contribution is 9.11. The number of halogens is 4. The van der Waals surface area contributed by atoms with Crippen LogP contribution >= 0.6 is 55.1 Å². The molecule has 3 aromatic rings. The maximum atomic E-state index is 12.3. The van der Waals surface area contributed by atoms with Crippen molar-refractivity contribution in [3.63, 3.8) is 0 Å². The van der Waals surface area contributed by atoms with Gasteiger partial charge in [0, 0.05) is 17.7 Å². The number of benzene rings is 3. The van der Waals surface area contributed by atoms with Crippen LogP contribution in [0.4, 0.5) is 5.69 Å². The van der Waals surface area contributed by atoms with Gasteiger partial charge in [0.25, 0.3) is 5.69 Å². The average Bonchev–Trinajstić information content (AvgIpc) is 3.15. The maximum Gasteiger partial charge on any atom is 0.363 e. The van der Waals surface area contributed by atoms with Crippen LogP contribution in [0, 0.1) is 10.1 Å². The molecule has 3 aromatic carbocycles. The van der Waals surface area contributed by atoms with E-state index in [2.05, 4.69) is 36.9 Å². The number of carbonyl (C=O) groups is 1. The van der Waals surface area contributed by atoms with Crippen molar-refractivity contribution in [2.75, 3.05) is 0 Å². The van der Waals surface area contributed by atoms with Gasteiger partial charge in [0.2, 0.25) is 5.90 Å². The van der Waals surface area contributed by atoms with Gasteiger partial charge in [0.05, 0.1) is 23.9 Å². The summed E-state index contributed by atoms with van der Waals surface area (Å²) in [7, 11) is 0. The van der Waals surface area contributed by atoms with Crippen LogP contribution in [0.2, 0.25) is 10.0 Å². The first-order valence-corrected chi connectivity index (χ1v) is 11.9. The second-order valence-corrected chi connectivity index (χ2v) is 9.51. The zero-order chi connectivity index (χ0) is 24.4. The van der Waals surface area contributed by atoms with Gasteiger partial charge in [-0.05, 0) is 85.5 Å². The third kappa shape index (κ3) is 5.50. The highest BCUT2D eigenvalue weighted by Crippen LogP contribution is 2.36. The molecule has 0 N–H and O–H groups in total. The number of carbonyl (C=O) groups excluding carboxylic acids is 1. The highest BCUT2D eigenvalue weighted by Gasteiger charge is 2.25. The average molecular weight is 627 g/mol. The normalized spacial score (nSPS) is 14.2. The van der Waals surface area contributed by atoms with E-state index in [1.165, 1.54) is 24.3 Å². The largest absolute Gasteiger partial charge is 0.487 e. The molecule has 0 unspecified atom stereocenters. The van der Waals surface area contributed by atoms with Gasteiger partial charge in [-0.1, -0.05) is 29.3 Å². The van der Waals surface area contributed by atoms with Gasteiger partial charge in [-0.3, -0.25) is 10.1 Å². The fourth-order valence-electron chi connectivity index (χ4n) is 3.00. The molecule has 1 aliphatic heterocycles. The van der Waals surface area contributed by atoms with Gasteiger partial charge in [0.1, 0.15) is 12.4 Å². The Morgan fingerprint density at radius 3 is 2.32 bits per heavy atom. The number of aliphatic imine (C=N–C) groups is 1. The lowest BCUT2D eigenvalue weighted by molar-refractivity contribution is -0.384. The smallest absolute Gasteiger partial charge is 0.363 e. The maximum absolute atomic E-state index is 12.3. The molecule has 0 spiro atoms. The standard InChI is InChI=1S/C23H12Br2Cl2N2O5/c24-16-7-13(8-17(25)21(16)33-11-12-1-6-18(26)19(27)9-12)10-20-23(30)34-22(28-20)14-2-4-15(5-3-14)29(31)32/h1-10H,11H2/b20-10-. The van der Waals surface area contributed by atoms with Crippen molar-refractivity contribution in [3.8, 4) is 5.75 Å². The predicted molar refractivity (Wildman–Crippen MR) is 136 cm³/mol. The quantitative estimate of drug-likeness (QED) is 0.123. The molecule has 0 bridgehead atoms. The molecule has 7 nitrogen and oxygen atoms in total. The molecule has 1 heterocycles. The van der Waals surface area contributed by atoms with E-state index in [0.717, 1.165) is 5.56 Å². The highest BCUT2D eigenvalue weighted by atomic mass is 79.9. The summed E-state index contributed by atoms with van der Waals surface area (Å²) in [5, 5.41) is 11.7. The van der Waals surface area contributed by atoms with E-state index in [-0.39, 0.29) is 23.9 Å². The molecule has 0 amide bonds. The zero-order valence-electron chi connectivity index (χ0n) is 16.9. The second-order valence-electron chi connectivity index (χ2n) is 6.99. The topological polar surface area (TPSA) is 91.0 Å². The van der Waals surface area contributed by atoms with Crippen molar-refractivity contribution in [2.45, 2.75) is 6.61 Å². The van der Waals surface area contributed by atoms with Gasteiger partial charge in [-0.2, -0.15) is 0 Å². The molecule has 1 aliphatic rings. The van der Waals surface area contributed by atoms with Gasteiger partial charge in [0.15, 0.2) is 5.70 Å². The summed E-state index contributed by atoms with van der Waals surface area (Å²) in [6.45, 7) is 0.268. The van der Waals surface area contributed by atoms with Crippen LogP contribution in [-0.4, -0.2) is 16.8 Å². The summed E-state index contributed by atoms with van der Waals surface area (Å²) < 4.78 is 12.4. The van der Waals surface area contributed by atoms with Gasteiger partial charge < -0.3 is 9.47 Å². The van der Waals surface area contributed by atoms with Crippen molar-refractivity contribution >= 4 is 78.7 Å². The minimum Gasteiger partial charge on any atom is -0.487 e. The van der Waals surface area contributed by atoms with Crippen molar-refractivity contribution in [1.29, 1.82) is 0 Å². The molecular formula is C23H12Br2Cl2N2O5. The zero-order valence-corrected chi connectivity index (χ0v) is 21.6. The lowest BCUT2D eigenvalue weighted by Gasteiger charge is -2.12. The fraction of sp³-hybridized carbons (Fsp3) is 0.0435.